The normalized spacial score (nSPS) is 13.7. The number of benzene rings is 1. The number of rotatable bonds is 6. The van der Waals surface area contributed by atoms with E-state index >= 15 is 0 Å². The summed E-state index contributed by atoms with van der Waals surface area (Å²) in [5.41, 5.74) is 0.405. The van der Waals surface area contributed by atoms with E-state index in [1.54, 1.807) is 6.92 Å². The first-order valence-corrected chi connectivity index (χ1v) is 8.69. The molecule has 0 amide bonds. The first-order valence-electron chi connectivity index (χ1n) is 6.04. The molecule has 0 heterocycles. The first kappa shape index (κ1) is 14.7. The minimum atomic E-state index is -2.39. The summed E-state index contributed by atoms with van der Waals surface area (Å²) in [7, 11) is -2.39. The number of hydrogen-bond donors (Lipinski definition) is 1. The Morgan fingerprint density at radius 1 is 1.39 bits per heavy atom. The smallest absolute Gasteiger partial charge is 0.333 e. The van der Waals surface area contributed by atoms with Gasteiger partial charge in [0, 0.05) is 5.57 Å². The molecule has 0 aliphatic rings. The molecule has 0 saturated carbocycles. The summed E-state index contributed by atoms with van der Waals surface area (Å²) in [6.07, 6.45) is 0.674. The lowest BCUT2D eigenvalue weighted by Gasteiger charge is -2.20. The summed E-state index contributed by atoms with van der Waals surface area (Å²) in [6, 6.07) is 10.4. The minimum absolute atomic E-state index is 0.335. The van der Waals surface area contributed by atoms with Crippen LogP contribution >= 0.6 is 0 Å². The molecule has 3 nitrogen and oxygen atoms in total. The number of ether oxygens (including phenoxy) is 1. The minimum Gasteiger partial charge on any atom is -0.462 e. The standard InChI is InChI=1S/C14H20O3Si/c1-12(2)14(15)17-10-7-11-18(3,16)13-8-5-4-6-9-13/h4-6,8-9,16H,1,7,10-11H2,2-3H3. The maximum atomic E-state index is 11.2. The molecule has 1 N–H and O–H groups in total. The van der Waals surface area contributed by atoms with E-state index in [1.165, 1.54) is 0 Å². The van der Waals surface area contributed by atoms with Gasteiger partial charge in [-0.2, -0.15) is 0 Å². The summed E-state index contributed by atoms with van der Waals surface area (Å²) >= 11 is 0. The maximum Gasteiger partial charge on any atom is 0.333 e. The summed E-state index contributed by atoms with van der Waals surface area (Å²) < 4.78 is 5.01. The predicted molar refractivity (Wildman–Crippen MR) is 75.1 cm³/mol. The Morgan fingerprint density at radius 3 is 2.56 bits per heavy atom. The second kappa shape index (κ2) is 6.52. The Bertz CT molecular complexity index is 412. The van der Waals surface area contributed by atoms with E-state index in [9.17, 15) is 9.59 Å². The monoisotopic (exact) mass is 264 g/mol. The van der Waals surface area contributed by atoms with E-state index in [4.69, 9.17) is 4.74 Å². The molecule has 1 aromatic rings. The molecule has 0 aromatic heterocycles. The van der Waals surface area contributed by atoms with E-state index in [-0.39, 0.29) is 5.97 Å². The summed E-state index contributed by atoms with van der Waals surface area (Å²) in [4.78, 5) is 21.6. The van der Waals surface area contributed by atoms with Gasteiger partial charge < -0.3 is 9.53 Å². The number of esters is 1. The molecule has 0 aliphatic carbocycles. The van der Waals surface area contributed by atoms with Crippen molar-refractivity contribution in [1.29, 1.82) is 0 Å². The highest BCUT2D eigenvalue weighted by atomic mass is 28.4. The molecule has 98 valence electrons. The van der Waals surface area contributed by atoms with E-state index in [0.717, 1.165) is 5.19 Å². The SMILES string of the molecule is C=C(C)C(=O)OCCC[Si](C)(O)c1ccccc1. The molecule has 0 aliphatic heterocycles. The van der Waals surface area contributed by atoms with Crippen LogP contribution in [-0.4, -0.2) is 25.7 Å². The lowest BCUT2D eigenvalue weighted by molar-refractivity contribution is -0.138. The lowest BCUT2D eigenvalue weighted by atomic mass is 10.4. The van der Waals surface area contributed by atoms with Crippen molar-refractivity contribution in [1.82, 2.24) is 0 Å². The largest absolute Gasteiger partial charge is 0.462 e. The van der Waals surface area contributed by atoms with Crippen LogP contribution in [0.1, 0.15) is 13.3 Å². The molecule has 1 atom stereocenters. The van der Waals surface area contributed by atoms with Gasteiger partial charge in [-0.1, -0.05) is 36.9 Å². The topological polar surface area (TPSA) is 46.5 Å². The van der Waals surface area contributed by atoms with Crippen molar-refractivity contribution in [3.8, 4) is 0 Å². The van der Waals surface area contributed by atoms with Crippen LogP contribution in [0.2, 0.25) is 12.6 Å². The third-order valence-corrected chi connectivity index (χ3v) is 5.69. The summed E-state index contributed by atoms with van der Waals surface area (Å²) in [6.45, 7) is 7.38. The van der Waals surface area contributed by atoms with Gasteiger partial charge in [-0.05, 0) is 31.1 Å². The third kappa shape index (κ3) is 4.47. The molecule has 1 rings (SSSR count). The van der Waals surface area contributed by atoms with Crippen molar-refractivity contribution >= 4 is 19.5 Å². The quantitative estimate of drug-likeness (QED) is 0.370. The lowest BCUT2D eigenvalue weighted by Crippen LogP contribution is -2.44. The van der Waals surface area contributed by atoms with Crippen LogP contribution in [0.15, 0.2) is 42.5 Å². The van der Waals surface area contributed by atoms with Crippen molar-refractivity contribution in [3.05, 3.63) is 42.5 Å². The molecule has 0 fully saturated rings. The zero-order valence-corrected chi connectivity index (χ0v) is 12.0. The van der Waals surface area contributed by atoms with Gasteiger partial charge >= 0.3 is 5.97 Å². The van der Waals surface area contributed by atoms with E-state index < -0.39 is 8.32 Å². The summed E-state index contributed by atoms with van der Waals surface area (Å²) in [5, 5.41) is 1.01. The van der Waals surface area contributed by atoms with Gasteiger partial charge in [0.1, 0.15) is 0 Å². The average Bonchev–Trinajstić information content (AvgIpc) is 2.35. The van der Waals surface area contributed by atoms with Gasteiger partial charge in [0.2, 0.25) is 8.32 Å². The molecule has 1 aromatic carbocycles. The van der Waals surface area contributed by atoms with Crippen molar-refractivity contribution in [3.63, 3.8) is 0 Å². The zero-order valence-electron chi connectivity index (χ0n) is 11.0. The zero-order chi connectivity index (χ0) is 13.6. The van der Waals surface area contributed by atoms with Crippen LogP contribution < -0.4 is 5.19 Å². The van der Waals surface area contributed by atoms with E-state index in [0.29, 0.717) is 24.6 Å². The maximum absolute atomic E-state index is 11.2. The van der Waals surface area contributed by atoms with Gasteiger partial charge in [0.15, 0.2) is 0 Å². The van der Waals surface area contributed by atoms with Crippen LogP contribution in [-0.2, 0) is 9.53 Å². The average molecular weight is 264 g/mol. The molecular weight excluding hydrogens is 244 g/mol. The van der Waals surface area contributed by atoms with Gasteiger partial charge in [-0.25, -0.2) is 4.79 Å². The first-order chi connectivity index (χ1) is 8.43. The molecule has 0 bridgehead atoms. The molecule has 0 radical (unpaired) electrons. The van der Waals surface area contributed by atoms with Crippen LogP contribution in [0.25, 0.3) is 0 Å². The Kier molecular flexibility index (Phi) is 5.31. The third-order valence-electron chi connectivity index (χ3n) is 2.79. The fraction of sp³-hybridized carbons (Fsp3) is 0.357. The van der Waals surface area contributed by atoms with E-state index in [2.05, 4.69) is 6.58 Å². The summed E-state index contributed by atoms with van der Waals surface area (Å²) in [5.74, 6) is -0.365. The predicted octanol–water partition coefficient (Wildman–Crippen LogP) is 1.97. The Hall–Kier alpha value is -1.39. The van der Waals surface area contributed by atoms with Crippen LogP contribution in [0, 0.1) is 0 Å². The van der Waals surface area contributed by atoms with Crippen LogP contribution in [0.5, 0.6) is 0 Å². The van der Waals surface area contributed by atoms with Crippen molar-refractivity contribution < 1.29 is 14.3 Å². The number of hydrogen-bond acceptors (Lipinski definition) is 3. The Balaban J connectivity index is 2.39. The molecular formula is C14H20O3Si. The van der Waals surface area contributed by atoms with Crippen LogP contribution in [0.4, 0.5) is 0 Å². The molecule has 4 heteroatoms. The Morgan fingerprint density at radius 2 is 2.00 bits per heavy atom. The van der Waals surface area contributed by atoms with Gasteiger partial charge in [0.05, 0.1) is 6.61 Å². The Labute approximate surface area is 109 Å². The second-order valence-electron chi connectivity index (χ2n) is 4.66. The highest BCUT2D eigenvalue weighted by Crippen LogP contribution is 2.09. The van der Waals surface area contributed by atoms with Crippen LogP contribution in [0.3, 0.4) is 0 Å². The number of carbonyl (C=O) groups is 1. The highest BCUT2D eigenvalue weighted by Gasteiger charge is 2.26. The highest BCUT2D eigenvalue weighted by molar-refractivity contribution is 6.84. The van der Waals surface area contributed by atoms with Crippen molar-refractivity contribution in [2.24, 2.45) is 0 Å². The molecule has 0 saturated heterocycles. The van der Waals surface area contributed by atoms with Gasteiger partial charge in [-0.15, -0.1) is 0 Å². The number of carbonyl (C=O) groups excluding carboxylic acids is 1. The van der Waals surface area contributed by atoms with Gasteiger partial charge in [0.25, 0.3) is 0 Å². The van der Waals surface area contributed by atoms with Gasteiger partial charge in [-0.3, -0.25) is 0 Å². The fourth-order valence-electron chi connectivity index (χ4n) is 1.65. The molecule has 18 heavy (non-hydrogen) atoms. The van der Waals surface area contributed by atoms with E-state index in [1.807, 2.05) is 36.9 Å². The fourth-order valence-corrected chi connectivity index (χ4v) is 3.68. The van der Waals surface area contributed by atoms with Crippen molar-refractivity contribution in [2.75, 3.05) is 6.61 Å². The molecule has 1 unspecified atom stereocenters. The van der Waals surface area contributed by atoms with Crippen molar-refractivity contribution in [2.45, 2.75) is 25.9 Å². The second-order valence-corrected chi connectivity index (χ2v) is 8.28. The molecule has 0 spiro atoms.